The first-order valence-corrected chi connectivity index (χ1v) is 8.70. The Balaban J connectivity index is 1.89. The summed E-state index contributed by atoms with van der Waals surface area (Å²) in [5.41, 5.74) is 7.86. The monoisotopic (exact) mass is 278 g/mol. The highest BCUT2D eigenvalue weighted by Gasteiger charge is 2.42. The Morgan fingerprint density at radius 3 is 2.76 bits per heavy atom. The van der Waals surface area contributed by atoms with E-state index >= 15 is 0 Å². The molecule has 4 atom stereocenters. The number of benzene rings is 1. The highest BCUT2D eigenvalue weighted by molar-refractivity contribution is 5.85. The van der Waals surface area contributed by atoms with Crippen LogP contribution >= 0.6 is 0 Å². The van der Waals surface area contributed by atoms with E-state index in [4.69, 9.17) is 0 Å². The van der Waals surface area contributed by atoms with E-state index in [1.54, 1.807) is 16.7 Å². The minimum absolute atomic E-state index is 0.720. The highest BCUT2D eigenvalue weighted by atomic mass is 14.5. The fraction of sp³-hybridized carbons (Fsp3) is 0.524. The molecule has 3 aliphatic carbocycles. The van der Waals surface area contributed by atoms with E-state index in [9.17, 15) is 0 Å². The summed E-state index contributed by atoms with van der Waals surface area (Å²) in [5.74, 6) is 3.21. The van der Waals surface area contributed by atoms with Crippen molar-refractivity contribution in [3.8, 4) is 0 Å². The van der Waals surface area contributed by atoms with E-state index in [-0.39, 0.29) is 0 Å². The fourth-order valence-corrected chi connectivity index (χ4v) is 4.87. The zero-order valence-electron chi connectivity index (χ0n) is 13.5. The minimum Gasteiger partial charge on any atom is -0.0773 e. The maximum absolute atomic E-state index is 2.59. The van der Waals surface area contributed by atoms with Crippen LogP contribution in [-0.2, 0) is 0 Å². The van der Waals surface area contributed by atoms with Crippen LogP contribution < -0.4 is 0 Å². The predicted octanol–water partition coefficient (Wildman–Crippen LogP) is 5.88. The van der Waals surface area contributed by atoms with E-state index in [1.807, 2.05) is 0 Å². The summed E-state index contributed by atoms with van der Waals surface area (Å²) < 4.78 is 0. The second-order valence-corrected chi connectivity index (χ2v) is 7.50. The molecule has 1 aromatic rings. The summed E-state index contributed by atoms with van der Waals surface area (Å²) in [6, 6.07) is 7.15. The molecule has 1 saturated carbocycles. The average Bonchev–Trinajstić information content (AvgIpc) is 2.92. The molecule has 0 spiro atoms. The van der Waals surface area contributed by atoms with Gasteiger partial charge >= 0.3 is 0 Å². The van der Waals surface area contributed by atoms with Crippen LogP contribution in [0, 0.1) is 24.7 Å². The summed E-state index contributed by atoms with van der Waals surface area (Å²) in [6.45, 7) is 6.98. The number of fused-ring (bicyclic) bond motifs is 6. The van der Waals surface area contributed by atoms with Gasteiger partial charge in [-0.3, -0.25) is 0 Å². The van der Waals surface area contributed by atoms with Crippen molar-refractivity contribution in [2.24, 2.45) is 17.8 Å². The van der Waals surface area contributed by atoms with E-state index in [0.29, 0.717) is 0 Å². The van der Waals surface area contributed by atoms with Gasteiger partial charge in [0.05, 0.1) is 0 Å². The molecule has 3 aliphatic rings. The van der Waals surface area contributed by atoms with Crippen molar-refractivity contribution in [2.45, 2.75) is 52.4 Å². The maximum Gasteiger partial charge on any atom is -0.00840 e. The zero-order chi connectivity index (χ0) is 14.6. The van der Waals surface area contributed by atoms with Gasteiger partial charge in [0.25, 0.3) is 0 Å². The molecule has 4 rings (SSSR count). The maximum atomic E-state index is 2.59. The zero-order valence-corrected chi connectivity index (χ0v) is 13.5. The Morgan fingerprint density at radius 2 is 1.95 bits per heavy atom. The molecule has 0 aromatic heterocycles. The lowest BCUT2D eigenvalue weighted by atomic mass is 9.68. The molecule has 1 aromatic carbocycles. The molecule has 0 radical (unpaired) electrons. The number of allylic oxidation sites excluding steroid dienone is 4. The van der Waals surface area contributed by atoms with Crippen molar-refractivity contribution in [3.05, 3.63) is 52.6 Å². The van der Waals surface area contributed by atoms with Crippen LogP contribution in [0.15, 0.2) is 35.9 Å². The number of rotatable bonds is 1. The van der Waals surface area contributed by atoms with Crippen LogP contribution in [0.1, 0.15) is 62.1 Å². The summed E-state index contributed by atoms with van der Waals surface area (Å²) in [6.07, 6.45) is 10.5. The van der Waals surface area contributed by atoms with Crippen LogP contribution in [-0.4, -0.2) is 0 Å². The van der Waals surface area contributed by atoms with Crippen molar-refractivity contribution >= 4 is 5.57 Å². The first-order chi connectivity index (χ1) is 10.2. The lowest BCUT2D eigenvalue weighted by Gasteiger charge is -2.36. The van der Waals surface area contributed by atoms with E-state index in [0.717, 1.165) is 23.7 Å². The quantitative estimate of drug-likeness (QED) is 0.602. The number of aryl methyl sites for hydroxylation is 1. The molecule has 0 heteroatoms. The van der Waals surface area contributed by atoms with E-state index in [1.165, 1.54) is 36.8 Å². The topological polar surface area (TPSA) is 0 Å². The number of hydrogen-bond donors (Lipinski definition) is 0. The molecule has 4 unspecified atom stereocenters. The first kappa shape index (κ1) is 13.4. The van der Waals surface area contributed by atoms with E-state index in [2.05, 4.69) is 51.1 Å². The Kier molecular flexibility index (Phi) is 3.10. The molecule has 0 bridgehead atoms. The largest absolute Gasteiger partial charge is 0.0773 e. The average molecular weight is 278 g/mol. The van der Waals surface area contributed by atoms with Crippen LogP contribution in [0.4, 0.5) is 0 Å². The van der Waals surface area contributed by atoms with Crippen LogP contribution in [0.2, 0.25) is 0 Å². The van der Waals surface area contributed by atoms with Gasteiger partial charge in [-0.2, -0.15) is 0 Å². The third kappa shape index (κ3) is 2.03. The molecule has 0 heterocycles. The van der Waals surface area contributed by atoms with Gasteiger partial charge < -0.3 is 0 Å². The van der Waals surface area contributed by atoms with Gasteiger partial charge in [-0.15, -0.1) is 0 Å². The van der Waals surface area contributed by atoms with Gasteiger partial charge in [-0.05, 0) is 72.1 Å². The van der Waals surface area contributed by atoms with Gasteiger partial charge in [0.1, 0.15) is 0 Å². The third-order valence-corrected chi connectivity index (χ3v) is 6.00. The van der Waals surface area contributed by atoms with Crippen molar-refractivity contribution in [1.29, 1.82) is 0 Å². The van der Waals surface area contributed by atoms with Crippen molar-refractivity contribution in [3.63, 3.8) is 0 Å². The molecule has 21 heavy (non-hydrogen) atoms. The van der Waals surface area contributed by atoms with Gasteiger partial charge in [-0.25, -0.2) is 0 Å². The molecule has 0 amide bonds. The summed E-state index contributed by atoms with van der Waals surface area (Å²) in [5, 5.41) is 0. The third-order valence-electron chi connectivity index (χ3n) is 6.00. The van der Waals surface area contributed by atoms with Crippen LogP contribution in [0.25, 0.3) is 5.57 Å². The molecule has 0 nitrogen and oxygen atoms in total. The van der Waals surface area contributed by atoms with Gasteiger partial charge in [0.15, 0.2) is 0 Å². The first-order valence-electron chi connectivity index (χ1n) is 8.70. The number of hydrogen-bond acceptors (Lipinski definition) is 0. The van der Waals surface area contributed by atoms with Crippen molar-refractivity contribution in [1.82, 2.24) is 0 Å². The molecular weight excluding hydrogens is 252 g/mol. The smallest absolute Gasteiger partial charge is 0.00840 e. The lowest BCUT2D eigenvalue weighted by Crippen LogP contribution is -2.20. The Morgan fingerprint density at radius 1 is 1.14 bits per heavy atom. The lowest BCUT2D eigenvalue weighted by molar-refractivity contribution is 0.510. The second-order valence-electron chi connectivity index (χ2n) is 7.50. The summed E-state index contributed by atoms with van der Waals surface area (Å²) in [4.78, 5) is 0. The summed E-state index contributed by atoms with van der Waals surface area (Å²) in [7, 11) is 0. The summed E-state index contributed by atoms with van der Waals surface area (Å²) >= 11 is 0. The van der Waals surface area contributed by atoms with E-state index < -0.39 is 0 Å². The molecule has 0 saturated heterocycles. The Labute approximate surface area is 129 Å². The minimum atomic E-state index is 0.720. The molecule has 0 N–H and O–H groups in total. The van der Waals surface area contributed by atoms with Crippen molar-refractivity contribution < 1.29 is 0 Å². The normalized spacial score (nSPS) is 33.7. The van der Waals surface area contributed by atoms with Gasteiger partial charge in [-0.1, -0.05) is 56.2 Å². The predicted molar refractivity (Wildman–Crippen MR) is 90.3 cm³/mol. The van der Waals surface area contributed by atoms with Gasteiger partial charge in [0.2, 0.25) is 0 Å². The highest BCUT2D eigenvalue weighted by Crippen LogP contribution is 2.56. The SMILES string of the molecule is CCC1CC2C3=CC(C)CC=C3c3ccc(C)cc3C2C1. The van der Waals surface area contributed by atoms with Gasteiger partial charge in [0, 0.05) is 0 Å². The second kappa shape index (κ2) is 4.87. The molecular formula is C21H26. The Bertz CT molecular complexity index is 631. The molecule has 1 fully saturated rings. The Hall–Kier alpha value is -1.30. The molecule has 0 aliphatic heterocycles. The molecule has 110 valence electrons. The fourth-order valence-electron chi connectivity index (χ4n) is 4.87. The van der Waals surface area contributed by atoms with Crippen LogP contribution in [0.5, 0.6) is 0 Å². The van der Waals surface area contributed by atoms with Crippen molar-refractivity contribution in [2.75, 3.05) is 0 Å². The standard InChI is InChI=1S/C21H26/c1-4-15-11-20-18-9-13(2)5-7-16(18)17-8-6-14(3)10-19(17)21(20)12-15/h5,7-10,14-15,20-21H,4,6,11-12H2,1-3H3. The van der Waals surface area contributed by atoms with Crippen LogP contribution in [0.3, 0.4) is 0 Å².